The van der Waals surface area contributed by atoms with Crippen LogP contribution in [0.25, 0.3) is 11.0 Å². The van der Waals surface area contributed by atoms with Gasteiger partial charge in [-0.15, -0.1) is 0 Å². The molecule has 12 nitrogen and oxygen atoms in total. The lowest BCUT2D eigenvalue weighted by Crippen LogP contribution is -2.47. The molecule has 0 radical (unpaired) electrons. The van der Waals surface area contributed by atoms with Crippen molar-refractivity contribution in [3.63, 3.8) is 0 Å². The van der Waals surface area contributed by atoms with Crippen LogP contribution in [0, 0.1) is 12.8 Å². The van der Waals surface area contributed by atoms with Crippen molar-refractivity contribution in [3.05, 3.63) is 171 Å². The molecule has 3 heterocycles. The number of benzene rings is 5. The van der Waals surface area contributed by atoms with Gasteiger partial charge >= 0.3 is 5.69 Å². The third-order valence-electron chi connectivity index (χ3n) is 12.1. The lowest BCUT2D eigenvalue weighted by atomic mass is 9.89. The molecule has 2 aliphatic rings. The van der Waals surface area contributed by atoms with Gasteiger partial charge in [0.2, 0.25) is 15.9 Å². The maximum Gasteiger partial charge on any atom is 0.326 e. The molecule has 0 spiro atoms. The summed E-state index contributed by atoms with van der Waals surface area (Å²) in [5.41, 5.74) is 6.96. The highest BCUT2D eigenvalue weighted by Gasteiger charge is 2.40. The first-order chi connectivity index (χ1) is 29.5. The number of aromatic nitrogens is 2. The Bertz CT molecular complexity index is 2570. The van der Waals surface area contributed by atoms with Crippen molar-refractivity contribution in [1.82, 2.24) is 24.5 Å². The number of sulfonamides is 1. The molecule has 318 valence electrons. The highest BCUT2D eigenvalue weighted by molar-refractivity contribution is 7.89. The smallest absolute Gasteiger partial charge is 0.326 e. The van der Waals surface area contributed by atoms with Crippen molar-refractivity contribution in [2.75, 3.05) is 19.6 Å². The predicted octanol–water partition coefficient (Wildman–Crippen LogP) is 6.46. The van der Waals surface area contributed by atoms with E-state index in [1.54, 1.807) is 12.1 Å². The Morgan fingerprint density at radius 2 is 1.48 bits per heavy atom. The summed E-state index contributed by atoms with van der Waals surface area (Å²) in [6, 6.07) is 38.3. The molecule has 2 fully saturated rings. The number of likely N-dealkylation sites (tertiary alicyclic amines) is 1. The molecule has 1 amide bonds. The van der Waals surface area contributed by atoms with Crippen LogP contribution in [0.3, 0.4) is 0 Å². The number of nitrogens with zero attached hydrogens (tertiary/aromatic N) is 2. The van der Waals surface area contributed by atoms with Gasteiger partial charge in [0.15, 0.2) is 6.29 Å². The van der Waals surface area contributed by atoms with Gasteiger partial charge in [-0.3, -0.25) is 9.36 Å². The number of ether oxygens (including phenoxy) is 2. The van der Waals surface area contributed by atoms with E-state index in [0.29, 0.717) is 6.54 Å². The minimum Gasteiger partial charge on any atom is -0.392 e. The Morgan fingerprint density at radius 1 is 0.820 bits per heavy atom. The van der Waals surface area contributed by atoms with Gasteiger partial charge in [-0.05, 0) is 72.7 Å². The van der Waals surface area contributed by atoms with Crippen LogP contribution in [-0.2, 0) is 43.9 Å². The third kappa shape index (κ3) is 9.88. The number of hydrogen-bond donors (Lipinski definition) is 4. The summed E-state index contributed by atoms with van der Waals surface area (Å²) in [5, 5.41) is 12.6. The van der Waals surface area contributed by atoms with E-state index in [1.807, 2.05) is 115 Å². The lowest BCUT2D eigenvalue weighted by Gasteiger charge is -2.44. The first kappa shape index (κ1) is 42.3. The number of rotatable bonds is 14. The van der Waals surface area contributed by atoms with Crippen LogP contribution in [0.4, 0.5) is 0 Å². The normalized spacial score (nSPS) is 20.7. The SMILES string of the molecule is Cc1ccc(S(=O)(=O)N[C@H](Cc2ccccc2)C(=O)NCc2ccc(C3O[C@H](CN4CCC(n5c(=O)[nH]c6ccccc65)CC4)[C@H](C)[C@H](c4ccc(CO)cc4)O3)cc2)cc1. The largest absolute Gasteiger partial charge is 0.392 e. The highest BCUT2D eigenvalue weighted by atomic mass is 32.2. The number of aryl methyl sites for hydroxylation is 1. The van der Waals surface area contributed by atoms with E-state index in [0.717, 1.165) is 70.3 Å². The van der Waals surface area contributed by atoms with Gasteiger partial charge in [0.1, 0.15) is 6.04 Å². The maximum absolute atomic E-state index is 13.7. The number of hydrogen-bond acceptors (Lipinski definition) is 8. The summed E-state index contributed by atoms with van der Waals surface area (Å²) < 4.78 is 44.8. The van der Waals surface area contributed by atoms with Gasteiger partial charge in [0, 0.05) is 43.7 Å². The van der Waals surface area contributed by atoms with Gasteiger partial charge in [0.25, 0.3) is 0 Å². The zero-order valence-electron chi connectivity index (χ0n) is 34.4. The number of H-pyrrole nitrogens is 1. The number of fused-ring (bicyclic) bond motifs is 1. The Hall–Kier alpha value is -5.41. The molecule has 8 rings (SSSR count). The van der Waals surface area contributed by atoms with Gasteiger partial charge in [-0.1, -0.05) is 116 Å². The number of carbonyl (C=O) groups is 1. The lowest BCUT2D eigenvalue weighted by molar-refractivity contribution is -0.276. The van der Waals surface area contributed by atoms with Crippen molar-refractivity contribution in [2.45, 2.75) is 81.7 Å². The van der Waals surface area contributed by atoms with E-state index in [-0.39, 0.29) is 54.3 Å². The van der Waals surface area contributed by atoms with E-state index in [1.165, 1.54) is 12.1 Å². The van der Waals surface area contributed by atoms with Crippen molar-refractivity contribution in [3.8, 4) is 0 Å². The summed E-state index contributed by atoms with van der Waals surface area (Å²) in [6.45, 7) is 6.53. The average molecular weight is 844 g/mol. The third-order valence-corrected chi connectivity index (χ3v) is 13.5. The average Bonchev–Trinajstić information content (AvgIpc) is 3.62. The molecule has 4 N–H and O–H groups in total. The topological polar surface area (TPSA) is 155 Å². The Kier molecular flexibility index (Phi) is 13.0. The number of imidazole rings is 1. The zero-order chi connectivity index (χ0) is 42.5. The van der Waals surface area contributed by atoms with Crippen molar-refractivity contribution < 1.29 is 27.8 Å². The molecular weight excluding hydrogens is 791 g/mol. The summed E-state index contributed by atoms with van der Waals surface area (Å²) in [6.07, 6.45) is 0.761. The molecule has 2 aliphatic heterocycles. The van der Waals surface area contributed by atoms with Crippen LogP contribution in [0.5, 0.6) is 0 Å². The number of carbonyl (C=O) groups excluding carboxylic acids is 1. The van der Waals surface area contributed by atoms with Gasteiger partial charge in [-0.25, -0.2) is 13.2 Å². The quantitative estimate of drug-likeness (QED) is 0.0975. The Morgan fingerprint density at radius 3 is 2.18 bits per heavy atom. The summed E-state index contributed by atoms with van der Waals surface area (Å²) in [5.74, 6) is -0.432. The maximum atomic E-state index is 13.7. The number of amides is 1. The standard InChI is InChI=1S/C48H53N5O7S/c1-32-12-22-40(23-13-32)61(57,58)51-42(28-34-8-4-3-5-9-34)46(55)49-29-35-14-20-38(21-15-35)47-59-44(33(2)45(60-47)37-18-16-36(31-54)17-19-37)30-52-26-24-39(25-27-52)53-43-11-7-6-10-41(43)50-48(53)56/h3-23,33,39,42,44-45,47,51,54H,24-31H2,1-2H3,(H,49,55)(H,50,56)/t33-,42+,44+,45+,47?/m0/s1. The van der Waals surface area contributed by atoms with Crippen molar-refractivity contribution in [2.24, 2.45) is 5.92 Å². The van der Waals surface area contributed by atoms with Gasteiger partial charge in [0.05, 0.1) is 34.7 Å². The molecule has 0 aliphatic carbocycles. The Balaban J connectivity index is 0.947. The molecular formula is C48H53N5O7S. The van der Waals surface area contributed by atoms with E-state index in [4.69, 9.17) is 9.47 Å². The van der Waals surface area contributed by atoms with E-state index in [9.17, 15) is 23.1 Å². The van der Waals surface area contributed by atoms with Crippen LogP contribution in [0.15, 0.2) is 137 Å². The van der Waals surface area contributed by atoms with Crippen LogP contribution in [-0.4, -0.2) is 65.7 Å². The number of para-hydroxylation sites is 2. The molecule has 5 atom stereocenters. The fraction of sp³-hybridized carbons (Fsp3) is 0.333. The summed E-state index contributed by atoms with van der Waals surface area (Å²) in [4.78, 5) is 32.1. The first-order valence-electron chi connectivity index (χ1n) is 21.0. The molecule has 13 heteroatoms. The monoisotopic (exact) mass is 843 g/mol. The van der Waals surface area contributed by atoms with Crippen molar-refractivity contribution >= 4 is 27.0 Å². The van der Waals surface area contributed by atoms with E-state index < -0.39 is 28.3 Å². The van der Waals surface area contributed by atoms with Crippen LogP contribution >= 0.6 is 0 Å². The molecule has 61 heavy (non-hydrogen) atoms. The number of aliphatic hydroxyl groups excluding tert-OH is 1. The van der Waals surface area contributed by atoms with Gasteiger partial charge < -0.3 is 29.8 Å². The molecule has 6 aromatic rings. The first-order valence-corrected chi connectivity index (χ1v) is 22.4. The van der Waals surface area contributed by atoms with Crippen LogP contribution < -0.4 is 15.7 Å². The van der Waals surface area contributed by atoms with E-state index >= 15 is 0 Å². The van der Waals surface area contributed by atoms with E-state index in [2.05, 4.69) is 26.8 Å². The fourth-order valence-corrected chi connectivity index (χ4v) is 9.69. The number of aliphatic hydroxyl groups is 1. The fourth-order valence-electron chi connectivity index (χ4n) is 8.49. The minimum atomic E-state index is -3.98. The minimum absolute atomic E-state index is 0.00642. The zero-order valence-corrected chi connectivity index (χ0v) is 35.3. The second-order valence-corrected chi connectivity index (χ2v) is 18.0. The number of aromatic amines is 1. The van der Waals surface area contributed by atoms with Crippen molar-refractivity contribution in [1.29, 1.82) is 0 Å². The van der Waals surface area contributed by atoms with Crippen LogP contribution in [0.1, 0.15) is 71.6 Å². The summed E-state index contributed by atoms with van der Waals surface area (Å²) >= 11 is 0. The molecule has 2 saturated heterocycles. The molecule has 1 aromatic heterocycles. The highest BCUT2D eigenvalue weighted by Crippen LogP contribution is 2.42. The Labute approximate surface area is 356 Å². The van der Waals surface area contributed by atoms with Gasteiger partial charge in [-0.2, -0.15) is 4.72 Å². The number of nitrogens with one attached hydrogen (secondary N) is 3. The summed E-state index contributed by atoms with van der Waals surface area (Å²) in [7, 11) is -3.98. The predicted molar refractivity (Wildman–Crippen MR) is 234 cm³/mol. The number of piperidine rings is 1. The molecule has 5 aromatic carbocycles. The molecule has 0 saturated carbocycles. The second-order valence-electron chi connectivity index (χ2n) is 16.3. The molecule has 1 unspecified atom stereocenters. The van der Waals surface area contributed by atoms with Crippen LogP contribution in [0.2, 0.25) is 0 Å². The second kappa shape index (κ2) is 18.7. The molecule has 0 bridgehead atoms.